The van der Waals surface area contributed by atoms with Gasteiger partial charge in [-0.05, 0) is 49.1 Å². The summed E-state index contributed by atoms with van der Waals surface area (Å²) in [7, 11) is 0. The van der Waals surface area contributed by atoms with E-state index < -0.39 is 41.1 Å². The normalized spacial score (nSPS) is 31.7. The zero-order valence-corrected chi connectivity index (χ0v) is 22.7. The SMILES string of the molecule is C=CCOC(=O)[C@@H]1[C@H]2C(=O)N([C@H](C)CO)C(C(=O)N(CC=C)c3ccc4ccccc4c3)C23CC(C)[C@@]1(C)O3. The van der Waals surface area contributed by atoms with E-state index in [0.29, 0.717) is 12.1 Å². The highest BCUT2D eigenvalue weighted by molar-refractivity contribution is 6.05. The molecule has 3 saturated heterocycles. The molecule has 2 bridgehead atoms. The van der Waals surface area contributed by atoms with Crippen LogP contribution >= 0.6 is 0 Å². The van der Waals surface area contributed by atoms with Crippen molar-refractivity contribution in [3.8, 4) is 0 Å². The van der Waals surface area contributed by atoms with Gasteiger partial charge in [0, 0.05) is 12.2 Å². The molecule has 0 aromatic heterocycles. The molecule has 0 aliphatic carbocycles. The minimum absolute atomic E-state index is 0.0158. The minimum atomic E-state index is -1.24. The molecule has 3 aliphatic heterocycles. The van der Waals surface area contributed by atoms with E-state index >= 15 is 0 Å². The first-order chi connectivity index (χ1) is 18.6. The summed E-state index contributed by atoms with van der Waals surface area (Å²) in [6, 6.07) is 11.9. The van der Waals surface area contributed by atoms with Crippen LogP contribution in [0.2, 0.25) is 0 Å². The van der Waals surface area contributed by atoms with E-state index in [1.54, 1.807) is 17.9 Å². The number of aliphatic hydroxyl groups excluding tert-OH is 1. The molecule has 206 valence electrons. The number of benzene rings is 2. The Kier molecular flexibility index (Phi) is 6.89. The van der Waals surface area contributed by atoms with E-state index in [1.807, 2.05) is 56.3 Å². The second-order valence-corrected chi connectivity index (χ2v) is 11.2. The van der Waals surface area contributed by atoms with Crippen molar-refractivity contribution in [3.63, 3.8) is 0 Å². The fourth-order valence-electron chi connectivity index (χ4n) is 7.05. The van der Waals surface area contributed by atoms with Crippen molar-refractivity contribution in [1.82, 2.24) is 4.90 Å². The van der Waals surface area contributed by atoms with Crippen molar-refractivity contribution in [2.75, 3.05) is 24.7 Å². The van der Waals surface area contributed by atoms with Gasteiger partial charge >= 0.3 is 5.97 Å². The lowest BCUT2D eigenvalue weighted by Gasteiger charge is -2.38. The van der Waals surface area contributed by atoms with Gasteiger partial charge in [-0.15, -0.1) is 6.58 Å². The van der Waals surface area contributed by atoms with Crippen LogP contribution in [0.3, 0.4) is 0 Å². The molecule has 39 heavy (non-hydrogen) atoms. The first-order valence-corrected chi connectivity index (χ1v) is 13.5. The third kappa shape index (κ3) is 3.92. The molecule has 3 fully saturated rings. The Hall–Kier alpha value is -3.49. The summed E-state index contributed by atoms with van der Waals surface area (Å²) in [5, 5.41) is 12.1. The Bertz CT molecular complexity index is 1340. The van der Waals surface area contributed by atoms with E-state index in [2.05, 4.69) is 13.2 Å². The second kappa shape index (κ2) is 9.92. The van der Waals surface area contributed by atoms with Gasteiger partial charge in [0.05, 0.1) is 24.2 Å². The fourth-order valence-corrected chi connectivity index (χ4v) is 7.05. The highest BCUT2D eigenvalue weighted by atomic mass is 16.6. The van der Waals surface area contributed by atoms with Crippen molar-refractivity contribution < 1.29 is 29.0 Å². The average molecular weight is 533 g/mol. The van der Waals surface area contributed by atoms with Crippen LogP contribution in [0, 0.1) is 17.8 Å². The molecule has 0 radical (unpaired) electrons. The summed E-state index contributed by atoms with van der Waals surface area (Å²) >= 11 is 0. The standard InChI is InChI=1S/C31H36N2O6/c1-6-14-32(23-13-12-21-10-8-9-11-22(21)16-23)28(36)26-31-17-19(3)30(5,39-31)25(29(37)38-15-7-2)24(31)27(35)33(26)20(4)18-34/h6-13,16,19-20,24-26,34H,1-2,14-15,17-18H2,3-5H3/t19?,20-,24+,25+,26?,30-,31?/m1/s1. The Balaban J connectivity index is 1.62. The van der Waals surface area contributed by atoms with E-state index in [9.17, 15) is 19.5 Å². The third-order valence-electron chi connectivity index (χ3n) is 8.95. The topological polar surface area (TPSA) is 96.4 Å². The summed E-state index contributed by atoms with van der Waals surface area (Å²) in [5.74, 6) is -3.14. The summed E-state index contributed by atoms with van der Waals surface area (Å²) in [6.45, 7) is 12.9. The maximum Gasteiger partial charge on any atom is 0.313 e. The van der Waals surface area contributed by atoms with Gasteiger partial charge in [-0.2, -0.15) is 0 Å². The zero-order chi connectivity index (χ0) is 28.1. The predicted octanol–water partition coefficient (Wildman–Crippen LogP) is 3.48. The molecule has 3 unspecified atom stereocenters. The third-order valence-corrected chi connectivity index (χ3v) is 8.95. The van der Waals surface area contributed by atoms with Gasteiger partial charge in [-0.25, -0.2) is 0 Å². The number of fused-ring (bicyclic) bond motifs is 2. The monoisotopic (exact) mass is 532 g/mol. The van der Waals surface area contributed by atoms with Crippen molar-refractivity contribution in [2.45, 2.75) is 50.5 Å². The van der Waals surface area contributed by atoms with Crippen LogP contribution < -0.4 is 4.90 Å². The number of amides is 2. The number of aliphatic hydroxyl groups is 1. The van der Waals surface area contributed by atoms with Crippen molar-refractivity contribution in [2.24, 2.45) is 17.8 Å². The van der Waals surface area contributed by atoms with Crippen LogP contribution in [-0.4, -0.2) is 70.8 Å². The van der Waals surface area contributed by atoms with Crippen LogP contribution in [0.25, 0.3) is 10.8 Å². The second-order valence-electron chi connectivity index (χ2n) is 11.2. The lowest BCUT2D eigenvalue weighted by Crippen LogP contribution is -2.58. The molecule has 7 atom stereocenters. The Labute approximate surface area is 228 Å². The van der Waals surface area contributed by atoms with Crippen molar-refractivity contribution in [3.05, 3.63) is 67.8 Å². The molecule has 1 spiro atoms. The van der Waals surface area contributed by atoms with Gasteiger partial charge in [-0.3, -0.25) is 14.4 Å². The molecule has 8 nitrogen and oxygen atoms in total. The number of hydrogen-bond donors (Lipinski definition) is 1. The Morgan fingerprint density at radius 1 is 1.23 bits per heavy atom. The van der Waals surface area contributed by atoms with Crippen LogP contribution in [-0.2, 0) is 23.9 Å². The van der Waals surface area contributed by atoms with Gasteiger partial charge in [0.1, 0.15) is 24.2 Å². The fraction of sp³-hybridized carbons (Fsp3) is 0.452. The van der Waals surface area contributed by atoms with Crippen molar-refractivity contribution >= 4 is 34.2 Å². The maximum absolute atomic E-state index is 14.6. The van der Waals surface area contributed by atoms with E-state index in [4.69, 9.17) is 9.47 Å². The number of ether oxygens (including phenoxy) is 2. The number of nitrogens with zero attached hydrogens (tertiary/aromatic N) is 2. The zero-order valence-electron chi connectivity index (χ0n) is 22.7. The number of carbonyl (C=O) groups is 3. The van der Waals surface area contributed by atoms with Gasteiger partial charge in [0.15, 0.2) is 0 Å². The van der Waals surface area contributed by atoms with E-state index in [1.165, 1.54) is 11.0 Å². The van der Waals surface area contributed by atoms with Gasteiger partial charge in [0.2, 0.25) is 5.91 Å². The molecule has 2 aromatic rings. The Morgan fingerprint density at radius 3 is 2.62 bits per heavy atom. The number of esters is 1. The smallest absolute Gasteiger partial charge is 0.313 e. The molecule has 2 amide bonds. The van der Waals surface area contributed by atoms with E-state index in [-0.39, 0.29) is 37.5 Å². The highest BCUT2D eigenvalue weighted by Crippen LogP contribution is 2.65. The number of hydrogen-bond acceptors (Lipinski definition) is 6. The summed E-state index contributed by atoms with van der Waals surface area (Å²) < 4.78 is 12.2. The average Bonchev–Trinajstić information content (AvgIpc) is 3.45. The van der Waals surface area contributed by atoms with Gasteiger partial charge in [0.25, 0.3) is 5.91 Å². The first-order valence-electron chi connectivity index (χ1n) is 13.5. The van der Waals surface area contributed by atoms with E-state index in [0.717, 1.165) is 10.8 Å². The van der Waals surface area contributed by atoms with Crippen molar-refractivity contribution in [1.29, 1.82) is 0 Å². The molecule has 3 aliphatic rings. The summed E-state index contributed by atoms with van der Waals surface area (Å²) in [5.41, 5.74) is -1.55. The summed E-state index contributed by atoms with van der Waals surface area (Å²) in [6.07, 6.45) is 3.55. The van der Waals surface area contributed by atoms with Crippen LogP contribution in [0.1, 0.15) is 27.2 Å². The lowest BCUT2D eigenvalue weighted by molar-refractivity contribution is -0.161. The Morgan fingerprint density at radius 2 is 1.95 bits per heavy atom. The quantitative estimate of drug-likeness (QED) is 0.393. The van der Waals surface area contributed by atoms with Crippen LogP contribution in [0.4, 0.5) is 5.69 Å². The molecule has 1 N–H and O–H groups in total. The van der Waals surface area contributed by atoms with Crippen LogP contribution in [0.5, 0.6) is 0 Å². The molecular formula is C31H36N2O6. The number of rotatable bonds is 9. The van der Waals surface area contributed by atoms with Gasteiger partial charge in [-0.1, -0.05) is 56.0 Å². The largest absolute Gasteiger partial charge is 0.461 e. The number of likely N-dealkylation sites (tertiary alicyclic amines) is 1. The molecule has 5 rings (SSSR count). The predicted molar refractivity (Wildman–Crippen MR) is 148 cm³/mol. The molecule has 0 saturated carbocycles. The first kappa shape index (κ1) is 27.1. The van der Waals surface area contributed by atoms with Crippen LogP contribution in [0.15, 0.2) is 67.8 Å². The summed E-state index contributed by atoms with van der Waals surface area (Å²) in [4.78, 5) is 45.2. The highest BCUT2D eigenvalue weighted by Gasteiger charge is 2.80. The molecule has 8 heteroatoms. The molecule has 3 heterocycles. The maximum atomic E-state index is 14.6. The minimum Gasteiger partial charge on any atom is -0.461 e. The molecule has 2 aromatic carbocycles. The molecular weight excluding hydrogens is 496 g/mol. The number of carbonyl (C=O) groups excluding carboxylic acids is 3. The lowest BCUT2D eigenvalue weighted by atomic mass is 9.62. The number of anilines is 1. The van der Waals surface area contributed by atoms with Gasteiger partial charge < -0.3 is 24.4 Å².